The lowest BCUT2D eigenvalue weighted by atomic mass is 10.4. The number of hydrogen-bond donors (Lipinski definition) is 0. The average Bonchev–Trinajstić information content (AvgIpc) is 2.47. The molecule has 0 aliphatic heterocycles. The molecule has 2 nitrogen and oxygen atoms in total. The van der Waals surface area contributed by atoms with Crippen LogP contribution in [0.2, 0.25) is 0 Å². The Labute approximate surface area is 85.7 Å². The second kappa shape index (κ2) is 4.82. The molecule has 68 valence electrons. The van der Waals surface area contributed by atoms with Gasteiger partial charge < -0.3 is 4.90 Å². The molecule has 4 heteroatoms. The largest absolute Gasteiger partial charge is 0.348 e. The maximum atomic E-state index is 4.36. The first-order chi connectivity index (χ1) is 5.77. The van der Waals surface area contributed by atoms with Gasteiger partial charge in [-0.2, -0.15) is 0 Å². The maximum absolute atomic E-state index is 4.36. The number of aromatic nitrogens is 1. The summed E-state index contributed by atoms with van der Waals surface area (Å²) in [6.07, 6.45) is 1.17. The topological polar surface area (TPSA) is 16.1 Å². The second-order valence-electron chi connectivity index (χ2n) is 2.53. The average molecular weight is 249 g/mol. The van der Waals surface area contributed by atoms with E-state index >= 15 is 0 Å². The van der Waals surface area contributed by atoms with E-state index in [-0.39, 0.29) is 0 Å². The molecule has 1 aromatic rings. The van der Waals surface area contributed by atoms with Crippen LogP contribution in [-0.2, 0) is 0 Å². The molecular formula is C8H13BrN2S. The van der Waals surface area contributed by atoms with Crippen molar-refractivity contribution in [2.24, 2.45) is 0 Å². The van der Waals surface area contributed by atoms with Gasteiger partial charge in [0.1, 0.15) is 4.60 Å². The third-order valence-corrected chi connectivity index (χ3v) is 3.22. The fourth-order valence-corrected chi connectivity index (χ4v) is 2.39. The maximum Gasteiger partial charge on any atom is 0.186 e. The molecule has 0 spiro atoms. The summed E-state index contributed by atoms with van der Waals surface area (Å²) in [7, 11) is 0. The first-order valence-electron chi connectivity index (χ1n) is 4.13. The molecule has 0 aromatic carbocycles. The molecule has 0 saturated carbocycles. The minimum atomic E-state index is 0.942. The van der Waals surface area contributed by atoms with Gasteiger partial charge in [-0.3, -0.25) is 0 Å². The number of hydrogen-bond acceptors (Lipinski definition) is 3. The summed E-state index contributed by atoms with van der Waals surface area (Å²) >= 11 is 5.04. The van der Waals surface area contributed by atoms with Crippen molar-refractivity contribution in [2.45, 2.75) is 20.3 Å². The summed E-state index contributed by atoms with van der Waals surface area (Å²) in [6.45, 7) is 6.47. The summed E-state index contributed by atoms with van der Waals surface area (Å²) in [4.78, 5) is 6.65. The zero-order valence-corrected chi connectivity index (χ0v) is 9.78. The monoisotopic (exact) mass is 248 g/mol. The van der Waals surface area contributed by atoms with E-state index in [1.165, 1.54) is 6.42 Å². The van der Waals surface area contributed by atoms with Crippen LogP contribution in [-0.4, -0.2) is 18.1 Å². The Morgan fingerprint density at radius 2 is 2.33 bits per heavy atom. The van der Waals surface area contributed by atoms with Crippen LogP contribution in [0.25, 0.3) is 0 Å². The molecule has 0 aliphatic carbocycles. The molecule has 0 saturated heterocycles. The number of anilines is 1. The van der Waals surface area contributed by atoms with E-state index in [4.69, 9.17) is 0 Å². The minimum absolute atomic E-state index is 0.942. The van der Waals surface area contributed by atoms with Crippen molar-refractivity contribution in [3.05, 3.63) is 9.98 Å². The second-order valence-corrected chi connectivity index (χ2v) is 4.18. The highest BCUT2D eigenvalue weighted by atomic mass is 79.9. The Balaban J connectivity index is 2.66. The van der Waals surface area contributed by atoms with E-state index in [0.717, 1.165) is 22.8 Å². The SMILES string of the molecule is CCCN(CC)c1nc(Br)cs1. The minimum Gasteiger partial charge on any atom is -0.348 e. The predicted molar refractivity (Wildman–Crippen MR) is 58.0 cm³/mol. The van der Waals surface area contributed by atoms with Crippen molar-refractivity contribution in [1.82, 2.24) is 4.98 Å². The van der Waals surface area contributed by atoms with Gasteiger partial charge in [-0.25, -0.2) is 4.98 Å². The van der Waals surface area contributed by atoms with E-state index in [9.17, 15) is 0 Å². The van der Waals surface area contributed by atoms with Gasteiger partial charge >= 0.3 is 0 Å². The fourth-order valence-electron chi connectivity index (χ4n) is 1.05. The molecule has 0 aliphatic rings. The zero-order valence-electron chi connectivity index (χ0n) is 7.38. The van der Waals surface area contributed by atoms with Crippen molar-refractivity contribution >= 4 is 32.4 Å². The third-order valence-electron chi connectivity index (χ3n) is 1.61. The summed E-state index contributed by atoms with van der Waals surface area (Å²) in [5.41, 5.74) is 0. The molecule has 0 bridgehead atoms. The smallest absolute Gasteiger partial charge is 0.186 e. The highest BCUT2D eigenvalue weighted by Crippen LogP contribution is 2.23. The molecule has 1 rings (SSSR count). The van der Waals surface area contributed by atoms with Crippen molar-refractivity contribution in [2.75, 3.05) is 18.0 Å². The van der Waals surface area contributed by atoms with Crippen LogP contribution in [0.3, 0.4) is 0 Å². The van der Waals surface area contributed by atoms with Crippen LogP contribution in [0.4, 0.5) is 5.13 Å². The zero-order chi connectivity index (χ0) is 8.97. The van der Waals surface area contributed by atoms with Gasteiger partial charge in [0.15, 0.2) is 5.13 Å². The van der Waals surface area contributed by atoms with Crippen molar-refractivity contribution < 1.29 is 0 Å². The van der Waals surface area contributed by atoms with Gasteiger partial charge in [-0.05, 0) is 29.3 Å². The van der Waals surface area contributed by atoms with E-state index < -0.39 is 0 Å². The highest BCUT2D eigenvalue weighted by molar-refractivity contribution is 9.10. The van der Waals surface area contributed by atoms with Gasteiger partial charge in [0.2, 0.25) is 0 Å². The lowest BCUT2D eigenvalue weighted by Gasteiger charge is -2.18. The van der Waals surface area contributed by atoms with E-state index in [0.29, 0.717) is 0 Å². The summed E-state index contributed by atoms with van der Waals surface area (Å²) < 4.78 is 0.942. The molecule has 0 amide bonds. The molecule has 1 heterocycles. The van der Waals surface area contributed by atoms with Crippen molar-refractivity contribution in [3.8, 4) is 0 Å². The van der Waals surface area contributed by atoms with E-state index in [1.807, 2.05) is 5.38 Å². The lowest BCUT2D eigenvalue weighted by molar-refractivity contribution is 0.787. The van der Waals surface area contributed by atoms with Crippen LogP contribution < -0.4 is 4.90 Å². The Kier molecular flexibility index (Phi) is 4.01. The number of nitrogens with zero attached hydrogens (tertiary/aromatic N) is 2. The molecule has 0 radical (unpaired) electrons. The Bertz CT molecular complexity index is 237. The lowest BCUT2D eigenvalue weighted by Crippen LogP contribution is -2.22. The fraction of sp³-hybridized carbons (Fsp3) is 0.625. The van der Waals surface area contributed by atoms with Gasteiger partial charge in [0.25, 0.3) is 0 Å². The number of thiazole rings is 1. The Morgan fingerprint density at radius 1 is 1.58 bits per heavy atom. The quantitative estimate of drug-likeness (QED) is 0.814. The molecule has 0 unspecified atom stereocenters. The van der Waals surface area contributed by atoms with Crippen LogP contribution in [0.15, 0.2) is 9.98 Å². The number of halogens is 1. The van der Waals surface area contributed by atoms with E-state index in [2.05, 4.69) is 39.7 Å². The number of rotatable bonds is 4. The molecule has 0 N–H and O–H groups in total. The van der Waals surface area contributed by atoms with Crippen LogP contribution in [0, 0.1) is 0 Å². The Hall–Kier alpha value is -0.0900. The molecule has 0 fully saturated rings. The Morgan fingerprint density at radius 3 is 2.75 bits per heavy atom. The van der Waals surface area contributed by atoms with Gasteiger partial charge in [-0.1, -0.05) is 6.92 Å². The first kappa shape index (κ1) is 9.99. The summed E-state index contributed by atoms with van der Waals surface area (Å²) in [6, 6.07) is 0. The highest BCUT2D eigenvalue weighted by Gasteiger charge is 2.06. The van der Waals surface area contributed by atoms with Gasteiger partial charge in [-0.15, -0.1) is 11.3 Å². The standard InChI is InChI=1S/C8H13BrN2S/c1-3-5-11(4-2)8-10-7(9)6-12-8/h6H,3-5H2,1-2H3. The first-order valence-corrected chi connectivity index (χ1v) is 5.81. The summed E-state index contributed by atoms with van der Waals surface area (Å²) in [5, 5.41) is 3.14. The van der Waals surface area contributed by atoms with Crippen molar-refractivity contribution in [3.63, 3.8) is 0 Å². The molecular weight excluding hydrogens is 236 g/mol. The normalized spacial score (nSPS) is 10.2. The summed E-state index contributed by atoms with van der Waals surface area (Å²) in [5.74, 6) is 0. The van der Waals surface area contributed by atoms with Crippen LogP contribution in [0.5, 0.6) is 0 Å². The van der Waals surface area contributed by atoms with Gasteiger partial charge in [0.05, 0.1) is 0 Å². The molecule has 12 heavy (non-hydrogen) atoms. The third kappa shape index (κ3) is 2.45. The van der Waals surface area contributed by atoms with Crippen LogP contribution in [0.1, 0.15) is 20.3 Å². The molecule has 0 atom stereocenters. The predicted octanol–water partition coefficient (Wildman–Crippen LogP) is 3.14. The van der Waals surface area contributed by atoms with Gasteiger partial charge in [0, 0.05) is 18.5 Å². The van der Waals surface area contributed by atoms with Crippen LogP contribution >= 0.6 is 27.3 Å². The van der Waals surface area contributed by atoms with E-state index in [1.54, 1.807) is 11.3 Å². The van der Waals surface area contributed by atoms with Crippen molar-refractivity contribution in [1.29, 1.82) is 0 Å². The molecule has 1 aromatic heterocycles.